The number of anilines is 1. The zero-order valence-electron chi connectivity index (χ0n) is 22.5. The maximum Gasteiger partial charge on any atom is 0.257 e. The number of fused-ring (bicyclic) bond motifs is 1. The van der Waals surface area contributed by atoms with Crippen molar-refractivity contribution >= 4 is 31.2 Å². The van der Waals surface area contributed by atoms with Crippen LogP contribution in [0, 0.1) is 11.3 Å². The molecule has 0 aliphatic rings. The maximum absolute atomic E-state index is 12.9. The summed E-state index contributed by atoms with van der Waals surface area (Å²) in [7, 11) is -0.336. The van der Waals surface area contributed by atoms with Gasteiger partial charge >= 0.3 is 0 Å². The Kier molecular flexibility index (Phi) is 9.07. The molecule has 0 bridgehead atoms. The van der Waals surface area contributed by atoms with Gasteiger partial charge in [0, 0.05) is 19.2 Å². The molecule has 0 aliphatic heterocycles. The predicted molar refractivity (Wildman–Crippen MR) is 147 cm³/mol. The number of hydrogen-bond acceptors (Lipinski definition) is 5. The van der Waals surface area contributed by atoms with E-state index in [2.05, 4.69) is 65.1 Å². The van der Waals surface area contributed by atoms with Crippen LogP contribution in [0.4, 0.5) is 5.95 Å². The minimum atomic E-state index is -1.99. The molecule has 3 rings (SSSR count). The van der Waals surface area contributed by atoms with Gasteiger partial charge in [0.1, 0.15) is 0 Å². The Labute approximate surface area is 215 Å². The molecular weight excluding hydrogens is 468 g/mol. The quantitative estimate of drug-likeness (QED) is 0.300. The number of carbonyl (C=O) groups excluding carboxylic acids is 1. The van der Waals surface area contributed by atoms with Crippen molar-refractivity contribution < 1.29 is 14.0 Å². The van der Waals surface area contributed by atoms with Crippen LogP contribution in [0.15, 0.2) is 42.5 Å². The molecule has 0 saturated heterocycles. The van der Waals surface area contributed by atoms with Crippen molar-refractivity contribution in [2.75, 3.05) is 19.0 Å². The highest BCUT2D eigenvalue weighted by molar-refractivity contribution is 6.77. The van der Waals surface area contributed by atoms with E-state index in [4.69, 9.17) is 19.4 Å². The highest BCUT2D eigenvalue weighted by Gasteiger charge is 2.44. The number of rotatable bonds is 11. The molecule has 0 unspecified atom stereocenters. The van der Waals surface area contributed by atoms with Crippen molar-refractivity contribution in [1.82, 2.24) is 9.55 Å². The number of nitrogens with zero attached hydrogens (tertiary/aromatic N) is 3. The van der Waals surface area contributed by atoms with Crippen LogP contribution in [0.3, 0.4) is 0 Å². The fraction of sp³-hybridized carbons (Fsp3) is 0.464. The lowest BCUT2D eigenvalue weighted by Gasteiger charge is -2.42. The number of methoxy groups -OCH3 is 1. The Morgan fingerprint density at radius 3 is 2.25 bits per heavy atom. The minimum Gasteiger partial charge on any atom is -0.412 e. The van der Waals surface area contributed by atoms with Crippen LogP contribution >= 0.6 is 0 Å². The van der Waals surface area contributed by atoms with Gasteiger partial charge in [-0.15, -0.1) is 0 Å². The van der Waals surface area contributed by atoms with Crippen molar-refractivity contribution in [1.29, 1.82) is 5.26 Å². The molecule has 1 aromatic heterocycles. The summed E-state index contributed by atoms with van der Waals surface area (Å²) in [4.78, 5) is 17.6. The summed E-state index contributed by atoms with van der Waals surface area (Å²) in [6, 6.07) is 14.8. The number of benzene rings is 2. The van der Waals surface area contributed by atoms with E-state index < -0.39 is 8.32 Å². The first-order chi connectivity index (χ1) is 17.1. The Morgan fingerprint density at radius 1 is 1.06 bits per heavy atom. The summed E-state index contributed by atoms with van der Waals surface area (Å²) in [5.41, 5.74) is 5.30. The van der Waals surface area contributed by atoms with E-state index in [1.807, 2.05) is 10.6 Å². The minimum absolute atomic E-state index is 0.279. The normalized spacial score (nSPS) is 12.0. The predicted octanol–water partition coefficient (Wildman–Crippen LogP) is 6.50. The summed E-state index contributed by atoms with van der Waals surface area (Å²) in [6.07, 6.45) is 0. The van der Waals surface area contributed by atoms with Crippen LogP contribution in [0.25, 0.3) is 11.0 Å². The summed E-state index contributed by atoms with van der Waals surface area (Å²) in [6.45, 7) is 15.3. The topological polar surface area (TPSA) is 89.2 Å². The second-order valence-corrected chi connectivity index (χ2v) is 15.6. The SMILES string of the molecule is COCCn1c(NC(=O)c2ccc(C#N)cc2)nc2cc(CO[Si](C(C)C)(C(C)C)C(C)C)ccc21. The highest BCUT2D eigenvalue weighted by Crippen LogP contribution is 2.42. The third-order valence-electron chi connectivity index (χ3n) is 7.03. The lowest BCUT2D eigenvalue weighted by atomic mass is 10.1. The lowest BCUT2D eigenvalue weighted by molar-refractivity contribution is 0.102. The van der Waals surface area contributed by atoms with Crippen LogP contribution in [0.5, 0.6) is 0 Å². The average Bonchev–Trinajstić information content (AvgIpc) is 3.18. The Morgan fingerprint density at radius 2 is 1.69 bits per heavy atom. The van der Waals surface area contributed by atoms with Gasteiger partial charge in [-0.25, -0.2) is 4.98 Å². The third-order valence-corrected chi connectivity index (χ3v) is 13.1. The molecule has 0 spiro atoms. The number of nitriles is 1. The fourth-order valence-electron chi connectivity index (χ4n) is 5.35. The van der Waals surface area contributed by atoms with Crippen molar-refractivity contribution in [2.45, 2.75) is 71.3 Å². The van der Waals surface area contributed by atoms with Gasteiger partial charge in [0.2, 0.25) is 14.3 Å². The summed E-state index contributed by atoms with van der Waals surface area (Å²) >= 11 is 0. The fourth-order valence-corrected chi connectivity index (χ4v) is 10.8. The van der Waals surface area contributed by atoms with Crippen molar-refractivity contribution in [3.05, 3.63) is 59.2 Å². The van der Waals surface area contributed by atoms with E-state index in [1.54, 1.807) is 31.4 Å². The number of carbonyl (C=O) groups is 1. The molecule has 0 radical (unpaired) electrons. The highest BCUT2D eigenvalue weighted by atomic mass is 28.4. The van der Waals surface area contributed by atoms with E-state index in [0.717, 1.165) is 16.6 Å². The van der Waals surface area contributed by atoms with Crippen LogP contribution in [0.2, 0.25) is 16.6 Å². The van der Waals surface area contributed by atoms with Crippen molar-refractivity contribution in [2.24, 2.45) is 0 Å². The standard InChI is InChI=1S/C28H38N4O3Si/c1-19(2)36(20(3)4,21(5)6)35-18-23-10-13-26-25(16-23)30-28(32(26)14-15-34-7)31-27(33)24-11-8-22(17-29)9-12-24/h8-13,16,19-21H,14-15,18H2,1-7H3,(H,30,31,33). The van der Waals surface area contributed by atoms with E-state index in [1.165, 1.54) is 0 Å². The monoisotopic (exact) mass is 506 g/mol. The van der Waals surface area contributed by atoms with Gasteiger partial charge in [0.15, 0.2) is 0 Å². The van der Waals surface area contributed by atoms with E-state index in [-0.39, 0.29) is 5.91 Å². The molecule has 1 amide bonds. The lowest BCUT2D eigenvalue weighted by Crippen LogP contribution is -2.47. The van der Waals surface area contributed by atoms with Gasteiger partial charge in [-0.3, -0.25) is 10.1 Å². The molecule has 2 aromatic carbocycles. The molecule has 0 fully saturated rings. The third kappa shape index (κ3) is 5.70. The maximum atomic E-state index is 12.9. The molecule has 192 valence electrons. The second kappa shape index (κ2) is 11.8. The molecule has 7 nitrogen and oxygen atoms in total. The molecule has 36 heavy (non-hydrogen) atoms. The van der Waals surface area contributed by atoms with Gasteiger partial charge < -0.3 is 13.7 Å². The van der Waals surface area contributed by atoms with Gasteiger partial charge in [0.25, 0.3) is 5.91 Å². The Bertz CT molecular complexity index is 1200. The zero-order chi connectivity index (χ0) is 26.5. The van der Waals surface area contributed by atoms with E-state index in [9.17, 15) is 4.79 Å². The van der Waals surface area contributed by atoms with Crippen LogP contribution in [-0.2, 0) is 22.3 Å². The second-order valence-electron chi connectivity index (χ2n) is 10.2. The molecule has 0 aliphatic carbocycles. The summed E-state index contributed by atoms with van der Waals surface area (Å²) < 4.78 is 14.0. The summed E-state index contributed by atoms with van der Waals surface area (Å²) in [5.74, 6) is 0.184. The van der Waals surface area contributed by atoms with Crippen molar-refractivity contribution in [3.8, 4) is 6.07 Å². The molecule has 3 aromatic rings. The number of aromatic nitrogens is 2. The number of hydrogen-bond donors (Lipinski definition) is 1. The molecule has 1 heterocycles. The summed E-state index contributed by atoms with van der Waals surface area (Å²) in [5, 5.41) is 11.9. The number of imidazole rings is 1. The van der Waals surface area contributed by atoms with Crippen LogP contribution in [-0.4, -0.2) is 37.5 Å². The largest absolute Gasteiger partial charge is 0.412 e. The molecule has 0 saturated carbocycles. The average molecular weight is 507 g/mol. The van der Waals surface area contributed by atoms with Gasteiger partial charge in [-0.1, -0.05) is 47.6 Å². The number of amides is 1. The first-order valence-corrected chi connectivity index (χ1v) is 14.7. The first kappa shape index (κ1) is 27.6. The first-order valence-electron chi connectivity index (χ1n) is 12.6. The zero-order valence-corrected chi connectivity index (χ0v) is 23.5. The molecule has 8 heteroatoms. The Hall–Kier alpha value is -2.99. The molecular formula is C28H38N4O3Si. The van der Waals surface area contributed by atoms with Gasteiger partial charge in [-0.05, 0) is 58.6 Å². The van der Waals surface area contributed by atoms with Crippen LogP contribution < -0.4 is 5.32 Å². The molecule has 0 atom stereocenters. The van der Waals surface area contributed by atoms with Crippen molar-refractivity contribution in [3.63, 3.8) is 0 Å². The van der Waals surface area contributed by atoms with Gasteiger partial charge in [0.05, 0.1) is 35.9 Å². The van der Waals surface area contributed by atoms with Gasteiger partial charge in [-0.2, -0.15) is 5.26 Å². The number of nitrogens with one attached hydrogen (secondary N) is 1. The van der Waals surface area contributed by atoms with Crippen LogP contribution in [0.1, 0.15) is 63.0 Å². The van der Waals surface area contributed by atoms with E-state index >= 15 is 0 Å². The molecule has 1 N–H and O–H groups in total. The smallest absolute Gasteiger partial charge is 0.257 e. The van der Waals surface area contributed by atoms with E-state index in [0.29, 0.717) is 53.5 Å². The Balaban J connectivity index is 1.90. The number of ether oxygens (including phenoxy) is 1.